The van der Waals surface area contributed by atoms with E-state index in [9.17, 15) is 14.4 Å². The van der Waals surface area contributed by atoms with Crippen molar-refractivity contribution in [3.8, 4) is 0 Å². The van der Waals surface area contributed by atoms with Gasteiger partial charge in [-0.1, -0.05) is 36.4 Å². The van der Waals surface area contributed by atoms with Crippen molar-refractivity contribution in [3.05, 3.63) is 70.3 Å². The van der Waals surface area contributed by atoms with Crippen LogP contribution >= 0.6 is 0 Å². The summed E-state index contributed by atoms with van der Waals surface area (Å²) in [5.74, 6) is -0.162. The van der Waals surface area contributed by atoms with E-state index in [0.717, 1.165) is 43.6 Å². The maximum Gasteiger partial charge on any atom is 0.255 e. The van der Waals surface area contributed by atoms with E-state index >= 15 is 0 Å². The van der Waals surface area contributed by atoms with Crippen molar-refractivity contribution in [2.45, 2.75) is 57.3 Å². The molecule has 3 heterocycles. The van der Waals surface area contributed by atoms with Crippen LogP contribution in [0.25, 0.3) is 0 Å². The van der Waals surface area contributed by atoms with E-state index in [1.165, 1.54) is 11.1 Å². The zero-order valence-electron chi connectivity index (χ0n) is 18.8. The summed E-state index contributed by atoms with van der Waals surface area (Å²) in [6.07, 6.45) is 2.90. The van der Waals surface area contributed by atoms with E-state index in [-0.39, 0.29) is 24.1 Å². The zero-order valence-corrected chi connectivity index (χ0v) is 18.8. The minimum Gasteiger partial charge on any atom is -0.326 e. The number of nitrogens with one attached hydrogen (secondary N) is 1. The van der Waals surface area contributed by atoms with E-state index in [1.807, 2.05) is 12.1 Å². The van der Waals surface area contributed by atoms with Crippen LogP contribution in [0, 0.1) is 0 Å². The van der Waals surface area contributed by atoms with Gasteiger partial charge in [-0.05, 0) is 66.6 Å². The number of hydrogen-bond acceptors (Lipinski definition) is 5. The van der Waals surface area contributed by atoms with Crippen molar-refractivity contribution in [1.82, 2.24) is 15.1 Å². The number of rotatable bonds is 5. The summed E-state index contributed by atoms with van der Waals surface area (Å²) in [4.78, 5) is 40.8. The van der Waals surface area contributed by atoms with Gasteiger partial charge < -0.3 is 10.6 Å². The van der Waals surface area contributed by atoms with Gasteiger partial charge in [0.05, 0.1) is 0 Å². The van der Waals surface area contributed by atoms with Crippen LogP contribution in [0.5, 0.6) is 0 Å². The molecule has 1 atom stereocenters. The molecule has 2 aromatic carbocycles. The number of nitrogens with zero attached hydrogens (tertiary/aromatic N) is 2. The lowest BCUT2D eigenvalue weighted by molar-refractivity contribution is -0.136. The topological polar surface area (TPSA) is 95.7 Å². The number of benzene rings is 2. The van der Waals surface area contributed by atoms with Gasteiger partial charge >= 0.3 is 0 Å². The van der Waals surface area contributed by atoms with Gasteiger partial charge in [0.1, 0.15) is 6.04 Å². The largest absolute Gasteiger partial charge is 0.326 e. The van der Waals surface area contributed by atoms with Gasteiger partial charge in [0.15, 0.2) is 0 Å². The molecular weight excluding hydrogens is 416 g/mol. The minimum atomic E-state index is -0.566. The molecule has 3 aliphatic heterocycles. The molecular formula is C26H30N4O3. The average molecular weight is 447 g/mol. The van der Waals surface area contributed by atoms with Crippen LogP contribution in [-0.2, 0) is 29.2 Å². The Morgan fingerprint density at radius 1 is 0.939 bits per heavy atom. The summed E-state index contributed by atoms with van der Waals surface area (Å²) in [7, 11) is 0. The van der Waals surface area contributed by atoms with Gasteiger partial charge in [0, 0.05) is 31.6 Å². The van der Waals surface area contributed by atoms with Crippen LogP contribution in [-0.4, -0.2) is 46.7 Å². The normalized spacial score (nSPS) is 21.9. The second-order valence-corrected chi connectivity index (χ2v) is 9.39. The number of hydrogen-bond donors (Lipinski definition) is 2. The third-order valence-electron chi connectivity index (χ3n) is 7.27. The molecule has 0 bridgehead atoms. The molecule has 172 valence electrons. The highest BCUT2D eigenvalue weighted by Gasteiger charge is 2.39. The lowest BCUT2D eigenvalue weighted by Gasteiger charge is -2.32. The molecule has 2 saturated heterocycles. The van der Waals surface area contributed by atoms with Gasteiger partial charge in [0.25, 0.3) is 5.91 Å². The quantitative estimate of drug-likeness (QED) is 0.687. The van der Waals surface area contributed by atoms with Gasteiger partial charge in [-0.3, -0.25) is 24.6 Å². The van der Waals surface area contributed by atoms with E-state index in [4.69, 9.17) is 5.73 Å². The number of likely N-dealkylation sites (tertiary alicyclic amines) is 1. The summed E-state index contributed by atoms with van der Waals surface area (Å²) in [5.41, 5.74) is 11.0. The molecule has 0 aliphatic carbocycles. The Labute approximate surface area is 193 Å². The van der Waals surface area contributed by atoms with Crippen molar-refractivity contribution < 1.29 is 14.4 Å². The fourth-order valence-electron chi connectivity index (χ4n) is 5.31. The van der Waals surface area contributed by atoms with Crippen molar-refractivity contribution in [2.24, 2.45) is 5.73 Å². The highest BCUT2D eigenvalue weighted by Crippen LogP contribution is 2.31. The first kappa shape index (κ1) is 21.8. The van der Waals surface area contributed by atoms with E-state index < -0.39 is 6.04 Å². The second-order valence-electron chi connectivity index (χ2n) is 9.39. The molecule has 3 aliphatic rings. The van der Waals surface area contributed by atoms with Crippen molar-refractivity contribution in [3.63, 3.8) is 0 Å². The van der Waals surface area contributed by atoms with Crippen LogP contribution in [0.3, 0.4) is 0 Å². The molecule has 2 aromatic rings. The number of imide groups is 1. The SMILES string of the molecule is NCc1ccc(C2CCN(Cc3ccc4c(c3)C(=O)N(C3CCC(=O)NC3=O)C4)CC2)cc1. The van der Waals surface area contributed by atoms with Crippen LogP contribution in [0.4, 0.5) is 0 Å². The molecule has 33 heavy (non-hydrogen) atoms. The predicted molar refractivity (Wildman–Crippen MR) is 124 cm³/mol. The van der Waals surface area contributed by atoms with E-state index in [0.29, 0.717) is 31.0 Å². The number of carbonyl (C=O) groups excluding carboxylic acids is 3. The summed E-state index contributed by atoms with van der Waals surface area (Å²) in [6, 6.07) is 14.2. The Hall–Kier alpha value is -3.03. The predicted octanol–water partition coefficient (Wildman–Crippen LogP) is 2.29. The zero-order chi connectivity index (χ0) is 22.9. The molecule has 7 heteroatoms. The Morgan fingerprint density at radius 2 is 1.67 bits per heavy atom. The second kappa shape index (κ2) is 9.08. The standard InChI is InChI=1S/C26H30N4O3/c27-14-17-1-4-19(5-2-17)20-9-11-29(12-10-20)15-18-3-6-21-16-30(26(33)22(21)13-18)23-7-8-24(31)28-25(23)32/h1-6,13,20,23H,7-12,14-16,27H2,(H,28,31,32). The van der Waals surface area contributed by atoms with Crippen molar-refractivity contribution in [1.29, 1.82) is 0 Å². The van der Waals surface area contributed by atoms with Crippen molar-refractivity contribution in [2.75, 3.05) is 13.1 Å². The number of amides is 3. The van der Waals surface area contributed by atoms with Crippen LogP contribution < -0.4 is 11.1 Å². The first-order valence-corrected chi connectivity index (χ1v) is 11.8. The van der Waals surface area contributed by atoms with Crippen LogP contribution in [0.1, 0.15) is 64.2 Å². The van der Waals surface area contributed by atoms with Gasteiger partial charge in [-0.15, -0.1) is 0 Å². The summed E-state index contributed by atoms with van der Waals surface area (Å²) < 4.78 is 0. The van der Waals surface area contributed by atoms with Crippen LogP contribution in [0.2, 0.25) is 0 Å². The fourth-order valence-corrected chi connectivity index (χ4v) is 5.31. The lowest BCUT2D eigenvalue weighted by atomic mass is 9.89. The molecule has 1 unspecified atom stereocenters. The van der Waals surface area contributed by atoms with E-state index in [2.05, 4.69) is 40.5 Å². The Kier molecular flexibility index (Phi) is 6.00. The Bertz CT molecular complexity index is 1070. The summed E-state index contributed by atoms with van der Waals surface area (Å²) >= 11 is 0. The van der Waals surface area contributed by atoms with Crippen LogP contribution in [0.15, 0.2) is 42.5 Å². The highest BCUT2D eigenvalue weighted by molar-refractivity contribution is 6.05. The van der Waals surface area contributed by atoms with Gasteiger partial charge in [0.2, 0.25) is 11.8 Å². The first-order valence-electron chi connectivity index (χ1n) is 11.8. The van der Waals surface area contributed by atoms with Gasteiger partial charge in [-0.25, -0.2) is 0 Å². The average Bonchev–Trinajstić information content (AvgIpc) is 3.15. The molecule has 3 N–H and O–H groups in total. The number of carbonyl (C=O) groups is 3. The molecule has 0 aromatic heterocycles. The third kappa shape index (κ3) is 4.43. The monoisotopic (exact) mass is 446 g/mol. The Morgan fingerprint density at radius 3 is 2.36 bits per heavy atom. The first-order chi connectivity index (χ1) is 16.0. The maximum atomic E-state index is 13.1. The lowest BCUT2D eigenvalue weighted by Crippen LogP contribution is -2.52. The van der Waals surface area contributed by atoms with Crippen molar-refractivity contribution >= 4 is 17.7 Å². The molecule has 0 radical (unpaired) electrons. The maximum absolute atomic E-state index is 13.1. The molecule has 3 amide bonds. The third-order valence-corrected chi connectivity index (χ3v) is 7.27. The Balaban J connectivity index is 1.20. The smallest absolute Gasteiger partial charge is 0.255 e. The highest BCUT2D eigenvalue weighted by atomic mass is 16.2. The summed E-state index contributed by atoms with van der Waals surface area (Å²) in [6.45, 7) is 3.87. The molecule has 0 saturated carbocycles. The molecule has 2 fully saturated rings. The number of fused-ring (bicyclic) bond motifs is 1. The molecule has 5 rings (SSSR count). The minimum absolute atomic E-state index is 0.110. The van der Waals surface area contributed by atoms with E-state index in [1.54, 1.807) is 4.90 Å². The summed E-state index contributed by atoms with van der Waals surface area (Å²) in [5, 5.41) is 2.36. The van der Waals surface area contributed by atoms with Gasteiger partial charge in [-0.2, -0.15) is 0 Å². The fraction of sp³-hybridized carbons (Fsp3) is 0.423. The number of nitrogens with two attached hydrogens (primary N) is 1. The molecule has 0 spiro atoms. The number of piperidine rings is 2. The molecule has 7 nitrogen and oxygen atoms in total.